The lowest BCUT2D eigenvalue weighted by molar-refractivity contribution is 0.311. The first-order valence-electron chi connectivity index (χ1n) is 8.60. The highest BCUT2D eigenvalue weighted by Gasteiger charge is 2.17. The molecular weight excluding hydrogens is 475 g/mol. The molecule has 2 rings (SSSR count). The van der Waals surface area contributed by atoms with E-state index in [1.807, 2.05) is 25.1 Å². The van der Waals surface area contributed by atoms with Crippen molar-refractivity contribution < 1.29 is 9.47 Å². The van der Waals surface area contributed by atoms with Crippen LogP contribution in [0.2, 0.25) is 0 Å². The van der Waals surface area contributed by atoms with Crippen LogP contribution in [0.5, 0.6) is 11.5 Å². The smallest absolute Gasteiger partial charge is 0.195 e. The molecule has 1 heterocycles. The number of halogens is 1. The summed E-state index contributed by atoms with van der Waals surface area (Å²) in [5.74, 6) is 2.08. The zero-order valence-corrected chi connectivity index (χ0v) is 19.9. The van der Waals surface area contributed by atoms with Crippen LogP contribution in [0.4, 0.5) is 5.69 Å². The van der Waals surface area contributed by atoms with Crippen LogP contribution in [0, 0.1) is 0 Å². The number of benzene rings is 1. The topological polar surface area (TPSA) is 67.8 Å². The van der Waals surface area contributed by atoms with Crippen molar-refractivity contribution in [2.24, 2.45) is 4.99 Å². The first-order valence-corrected chi connectivity index (χ1v) is 9.48. The van der Waals surface area contributed by atoms with Crippen molar-refractivity contribution in [3.05, 3.63) is 34.3 Å². The van der Waals surface area contributed by atoms with Gasteiger partial charge in [0.25, 0.3) is 0 Å². The second kappa shape index (κ2) is 10.7. The van der Waals surface area contributed by atoms with E-state index in [4.69, 9.17) is 14.5 Å². The van der Waals surface area contributed by atoms with Crippen LogP contribution >= 0.6 is 35.3 Å². The van der Waals surface area contributed by atoms with Gasteiger partial charge < -0.3 is 20.1 Å². The fraction of sp³-hybridized carbons (Fsp3) is 0.474. The Hall–Kier alpha value is -1.55. The van der Waals surface area contributed by atoms with Crippen LogP contribution < -0.4 is 20.1 Å². The van der Waals surface area contributed by atoms with E-state index < -0.39 is 0 Å². The lowest BCUT2D eigenvalue weighted by atomic mass is 9.93. The van der Waals surface area contributed by atoms with Crippen molar-refractivity contribution in [2.45, 2.75) is 39.7 Å². The van der Waals surface area contributed by atoms with E-state index in [1.165, 1.54) is 0 Å². The van der Waals surface area contributed by atoms with Gasteiger partial charge in [-0.15, -0.1) is 35.3 Å². The summed E-state index contributed by atoms with van der Waals surface area (Å²) in [5.41, 5.74) is 2.05. The van der Waals surface area contributed by atoms with Gasteiger partial charge >= 0.3 is 0 Å². The Labute approximate surface area is 182 Å². The maximum Gasteiger partial charge on any atom is 0.195 e. The first kappa shape index (κ1) is 23.5. The average Bonchev–Trinajstić information content (AvgIpc) is 3.08. The van der Waals surface area contributed by atoms with E-state index in [0.717, 1.165) is 16.4 Å². The third kappa shape index (κ3) is 6.84. The average molecular weight is 504 g/mol. The van der Waals surface area contributed by atoms with Crippen LogP contribution in [0.1, 0.15) is 38.4 Å². The van der Waals surface area contributed by atoms with Crippen molar-refractivity contribution in [1.29, 1.82) is 0 Å². The first-order chi connectivity index (χ1) is 12.4. The van der Waals surface area contributed by atoms with E-state index >= 15 is 0 Å². The minimum absolute atomic E-state index is 0. The number of methoxy groups -OCH3 is 1. The Morgan fingerprint density at radius 1 is 1.26 bits per heavy atom. The van der Waals surface area contributed by atoms with Crippen LogP contribution in [0.3, 0.4) is 0 Å². The molecule has 0 aliphatic carbocycles. The zero-order valence-electron chi connectivity index (χ0n) is 16.8. The number of nitrogens with zero attached hydrogens (tertiary/aromatic N) is 2. The van der Waals surface area contributed by atoms with E-state index in [9.17, 15) is 0 Å². The third-order valence-electron chi connectivity index (χ3n) is 3.68. The predicted octanol–water partition coefficient (Wildman–Crippen LogP) is 4.65. The second-order valence-electron chi connectivity index (χ2n) is 6.73. The Balaban J connectivity index is 0.00000364. The van der Waals surface area contributed by atoms with Gasteiger partial charge in [-0.2, -0.15) is 0 Å². The monoisotopic (exact) mass is 504 g/mol. The highest BCUT2D eigenvalue weighted by atomic mass is 127. The number of hydrogen-bond donors (Lipinski definition) is 2. The van der Waals surface area contributed by atoms with Crippen molar-refractivity contribution >= 4 is 47.0 Å². The number of aliphatic imine (C=N–C) groups is 1. The molecular formula is C19H29IN4O2S. The summed E-state index contributed by atoms with van der Waals surface area (Å²) < 4.78 is 10.9. The lowest BCUT2D eigenvalue weighted by Gasteiger charge is -2.15. The largest absolute Gasteiger partial charge is 0.493 e. The van der Waals surface area contributed by atoms with Crippen LogP contribution in [0.25, 0.3) is 0 Å². The molecule has 27 heavy (non-hydrogen) atoms. The van der Waals surface area contributed by atoms with Crippen LogP contribution in [-0.2, 0) is 12.0 Å². The molecule has 0 atom stereocenters. The summed E-state index contributed by atoms with van der Waals surface area (Å²) in [5, 5.41) is 9.71. The van der Waals surface area contributed by atoms with Crippen molar-refractivity contribution in [1.82, 2.24) is 10.3 Å². The van der Waals surface area contributed by atoms with Gasteiger partial charge in [-0.05, 0) is 19.1 Å². The summed E-state index contributed by atoms with van der Waals surface area (Å²) in [6.45, 7) is 9.64. The highest BCUT2D eigenvalue weighted by Crippen LogP contribution is 2.30. The van der Waals surface area contributed by atoms with Gasteiger partial charge in [0.2, 0.25) is 0 Å². The molecule has 0 saturated carbocycles. The summed E-state index contributed by atoms with van der Waals surface area (Å²) in [6.07, 6.45) is 0. The molecule has 0 fully saturated rings. The molecule has 2 aromatic rings. The molecule has 0 radical (unpaired) electrons. The number of aromatic nitrogens is 1. The maximum atomic E-state index is 5.61. The molecule has 0 saturated heterocycles. The number of rotatable bonds is 6. The molecule has 0 aliphatic heterocycles. The van der Waals surface area contributed by atoms with Gasteiger partial charge in [-0.25, -0.2) is 4.98 Å². The van der Waals surface area contributed by atoms with E-state index in [-0.39, 0.29) is 29.4 Å². The normalized spacial score (nSPS) is 11.6. The SMILES string of the molecule is CCOc1cc(NC(=NC)NCc2nc(C(C)(C)C)cs2)ccc1OC.I. The molecule has 6 nitrogen and oxygen atoms in total. The Bertz CT molecular complexity index is 756. The lowest BCUT2D eigenvalue weighted by Crippen LogP contribution is -2.30. The summed E-state index contributed by atoms with van der Waals surface area (Å²) in [4.78, 5) is 8.96. The summed E-state index contributed by atoms with van der Waals surface area (Å²) in [7, 11) is 3.37. The molecule has 0 amide bonds. The molecule has 0 aliphatic rings. The van der Waals surface area contributed by atoms with Crippen molar-refractivity contribution in [3.8, 4) is 11.5 Å². The van der Waals surface area contributed by atoms with Gasteiger partial charge in [-0.3, -0.25) is 4.99 Å². The Kier molecular flexibility index (Phi) is 9.31. The number of ether oxygens (including phenoxy) is 2. The van der Waals surface area contributed by atoms with E-state index in [1.54, 1.807) is 25.5 Å². The highest BCUT2D eigenvalue weighted by molar-refractivity contribution is 14.0. The Morgan fingerprint density at radius 3 is 2.56 bits per heavy atom. The van der Waals surface area contributed by atoms with Gasteiger partial charge in [0.15, 0.2) is 17.5 Å². The fourth-order valence-corrected chi connectivity index (χ4v) is 3.20. The maximum absolute atomic E-state index is 5.61. The van der Waals surface area contributed by atoms with E-state index in [0.29, 0.717) is 30.6 Å². The van der Waals surface area contributed by atoms with Crippen LogP contribution in [-0.4, -0.2) is 31.7 Å². The summed E-state index contributed by atoms with van der Waals surface area (Å²) in [6, 6.07) is 5.70. The molecule has 150 valence electrons. The Morgan fingerprint density at radius 2 is 2.00 bits per heavy atom. The minimum Gasteiger partial charge on any atom is -0.493 e. The third-order valence-corrected chi connectivity index (χ3v) is 4.53. The van der Waals surface area contributed by atoms with Gasteiger partial charge in [0.1, 0.15) is 5.01 Å². The molecule has 0 spiro atoms. The second-order valence-corrected chi connectivity index (χ2v) is 7.67. The molecule has 0 bridgehead atoms. The minimum atomic E-state index is 0. The standard InChI is InChI=1S/C19H28N4O2S.HI/c1-7-25-15-10-13(8-9-14(15)24-6)22-18(20-5)21-11-17-23-16(12-26-17)19(2,3)4;/h8-10,12H,7,11H2,1-6H3,(H2,20,21,22);1H. The molecule has 0 unspecified atom stereocenters. The van der Waals surface area contributed by atoms with Gasteiger partial charge in [-0.1, -0.05) is 20.8 Å². The predicted molar refractivity (Wildman–Crippen MR) is 124 cm³/mol. The number of hydrogen-bond acceptors (Lipinski definition) is 5. The zero-order chi connectivity index (χ0) is 19.2. The van der Waals surface area contributed by atoms with Crippen molar-refractivity contribution in [3.63, 3.8) is 0 Å². The summed E-state index contributed by atoms with van der Waals surface area (Å²) >= 11 is 1.66. The molecule has 8 heteroatoms. The number of nitrogens with one attached hydrogen (secondary N) is 2. The number of thiazole rings is 1. The molecule has 2 N–H and O–H groups in total. The molecule has 1 aromatic carbocycles. The number of guanidine groups is 1. The van der Waals surface area contributed by atoms with Gasteiger partial charge in [0, 0.05) is 29.6 Å². The van der Waals surface area contributed by atoms with Crippen LogP contribution in [0.15, 0.2) is 28.6 Å². The molecule has 1 aromatic heterocycles. The number of anilines is 1. The van der Waals surface area contributed by atoms with E-state index in [2.05, 4.69) is 41.8 Å². The quantitative estimate of drug-likeness (QED) is 0.341. The fourth-order valence-electron chi connectivity index (χ4n) is 2.23. The van der Waals surface area contributed by atoms with Crippen molar-refractivity contribution in [2.75, 3.05) is 26.1 Å². The van der Waals surface area contributed by atoms with Gasteiger partial charge in [0.05, 0.1) is 26.0 Å².